The molecule has 2 amide bonds. The van der Waals surface area contributed by atoms with Crippen molar-refractivity contribution in [1.29, 1.82) is 0 Å². The fourth-order valence-corrected chi connectivity index (χ4v) is 2.92. The van der Waals surface area contributed by atoms with Crippen LogP contribution in [0.2, 0.25) is 0 Å². The molecule has 0 saturated carbocycles. The van der Waals surface area contributed by atoms with Gasteiger partial charge in [-0.3, -0.25) is 9.59 Å². The SMILES string of the molecule is C[C@H](NC(=O)c1ccccc1)C(=O)OCC(=O)NC1CCOc2ccccc21. The quantitative estimate of drug-likeness (QED) is 0.745. The maximum Gasteiger partial charge on any atom is 0.328 e. The molecule has 0 radical (unpaired) electrons. The molecule has 0 aromatic heterocycles. The molecule has 146 valence electrons. The van der Waals surface area contributed by atoms with Gasteiger partial charge in [-0.05, 0) is 25.1 Å². The summed E-state index contributed by atoms with van der Waals surface area (Å²) in [7, 11) is 0. The molecule has 2 aromatic rings. The van der Waals surface area contributed by atoms with Crippen molar-refractivity contribution in [2.45, 2.75) is 25.4 Å². The van der Waals surface area contributed by atoms with Crippen LogP contribution in [0.15, 0.2) is 54.6 Å². The van der Waals surface area contributed by atoms with Crippen LogP contribution in [0.5, 0.6) is 5.75 Å². The monoisotopic (exact) mass is 382 g/mol. The Morgan fingerprint density at radius 3 is 2.61 bits per heavy atom. The number of nitrogens with one attached hydrogen (secondary N) is 2. The lowest BCUT2D eigenvalue weighted by Gasteiger charge is -2.26. The van der Waals surface area contributed by atoms with Crippen LogP contribution in [0.1, 0.15) is 35.3 Å². The van der Waals surface area contributed by atoms with Gasteiger partial charge >= 0.3 is 5.97 Å². The highest BCUT2D eigenvalue weighted by atomic mass is 16.5. The summed E-state index contributed by atoms with van der Waals surface area (Å²) in [6, 6.07) is 15.0. The van der Waals surface area contributed by atoms with Gasteiger partial charge in [0.05, 0.1) is 12.6 Å². The van der Waals surface area contributed by atoms with Crippen molar-refractivity contribution in [3.63, 3.8) is 0 Å². The van der Waals surface area contributed by atoms with Crippen LogP contribution in [0.4, 0.5) is 0 Å². The molecule has 28 heavy (non-hydrogen) atoms. The fourth-order valence-electron chi connectivity index (χ4n) is 2.92. The minimum atomic E-state index is -0.871. The first-order chi connectivity index (χ1) is 13.5. The van der Waals surface area contributed by atoms with Crippen LogP contribution in [0, 0.1) is 0 Å². The zero-order valence-corrected chi connectivity index (χ0v) is 15.5. The lowest BCUT2D eigenvalue weighted by molar-refractivity contribution is -0.150. The smallest absolute Gasteiger partial charge is 0.328 e. The molecule has 1 aliphatic heterocycles. The predicted molar refractivity (Wildman–Crippen MR) is 102 cm³/mol. The summed E-state index contributed by atoms with van der Waals surface area (Å²) in [6.45, 7) is 1.60. The Morgan fingerprint density at radius 1 is 1.11 bits per heavy atom. The molecule has 1 aliphatic rings. The van der Waals surface area contributed by atoms with Crippen LogP contribution in [-0.2, 0) is 14.3 Å². The van der Waals surface area contributed by atoms with Crippen molar-refractivity contribution < 1.29 is 23.9 Å². The second-order valence-corrected chi connectivity index (χ2v) is 6.46. The molecule has 7 nitrogen and oxygen atoms in total. The molecular weight excluding hydrogens is 360 g/mol. The van der Waals surface area contributed by atoms with E-state index in [9.17, 15) is 14.4 Å². The molecule has 0 fully saturated rings. The first-order valence-electron chi connectivity index (χ1n) is 9.08. The average Bonchev–Trinajstić information content (AvgIpc) is 2.73. The van der Waals surface area contributed by atoms with Crippen molar-refractivity contribution in [2.75, 3.05) is 13.2 Å². The van der Waals surface area contributed by atoms with Crippen LogP contribution < -0.4 is 15.4 Å². The first kappa shape index (κ1) is 19.4. The predicted octanol–water partition coefficient (Wildman–Crippen LogP) is 1.99. The third-order valence-corrected chi connectivity index (χ3v) is 4.38. The fraction of sp³-hybridized carbons (Fsp3) is 0.286. The molecule has 2 atom stereocenters. The van der Waals surface area contributed by atoms with Gasteiger partial charge in [-0.2, -0.15) is 0 Å². The van der Waals surface area contributed by atoms with E-state index in [0.717, 1.165) is 11.3 Å². The molecule has 7 heteroatoms. The zero-order valence-electron chi connectivity index (χ0n) is 15.5. The summed E-state index contributed by atoms with van der Waals surface area (Å²) in [6.07, 6.45) is 0.639. The van der Waals surface area contributed by atoms with Crippen LogP contribution in [0.25, 0.3) is 0 Å². The lowest BCUT2D eigenvalue weighted by Crippen LogP contribution is -2.41. The van der Waals surface area contributed by atoms with E-state index < -0.39 is 24.5 Å². The van der Waals surface area contributed by atoms with Gasteiger partial charge in [-0.1, -0.05) is 36.4 Å². The van der Waals surface area contributed by atoms with E-state index in [2.05, 4.69) is 10.6 Å². The minimum Gasteiger partial charge on any atom is -0.493 e. The van der Waals surface area contributed by atoms with Gasteiger partial charge in [0, 0.05) is 17.5 Å². The molecule has 0 spiro atoms. The molecule has 3 rings (SSSR count). The summed E-state index contributed by atoms with van der Waals surface area (Å²) < 4.78 is 10.6. The molecule has 2 aromatic carbocycles. The summed E-state index contributed by atoms with van der Waals surface area (Å²) in [5, 5.41) is 5.40. The summed E-state index contributed by atoms with van der Waals surface area (Å²) in [4.78, 5) is 36.3. The molecule has 1 heterocycles. The van der Waals surface area contributed by atoms with E-state index in [1.54, 1.807) is 30.3 Å². The van der Waals surface area contributed by atoms with E-state index >= 15 is 0 Å². The van der Waals surface area contributed by atoms with Crippen LogP contribution in [-0.4, -0.2) is 37.0 Å². The van der Waals surface area contributed by atoms with Crippen molar-refractivity contribution in [3.8, 4) is 5.75 Å². The van der Waals surface area contributed by atoms with Crippen molar-refractivity contribution in [1.82, 2.24) is 10.6 Å². The zero-order chi connectivity index (χ0) is 19.9. The number of esters is 1. The number of fused-ring (bicyclic) bond motifs is 1. The van der Waals surface area contributed by atoms with Crippen LogP contribution in [0.3, 0.4) is 0 Å². The molecule has 0 saturated heterocycles. The average molecular weight is 382 g/mol. The summed E-state index contributed by atoms with van der Waals surface area (Å²) in [5.41, 5.74) is 1.34. The molecule has 0 aliphatic carbocycles. The van der Waals surface area contributed by atoms with Gasteiger partial charge in [0.15, 0.2) is 6.61 Å². The molecule has 1 unspecified atom stereocenters. The minimum absolute atomic E-state index is 0.189. The Labute approximate surface area is 163 Å². The van der Waals surface area contributed by atoms with E-state index in [1.165, 1.54) is 6.92 Å². The highest BCUT2D eigenvalue weighted by molar-refractivity contribution is 5.96. The van der Waals surface area contributed by atoms with E-state index in [4.69, 9.17) is 9.47 Å². The summed E-state index contributed by atoms with van der Waals surface area (Å²) in [5.74, 6) is -0.718. The Bertz CT molecular complexity index is 853. The van der Waals surface area contributed by atoms with E-state index in [-0.39, 0.29) is 11.9 Å². The number of amides is 2. The number of hydrogen-bond donors (Lipinski definition) is 2. The van der Waals surface area contributed by atoms with Gasteiger partial charge in [0.2, 0.25) is 0 Å². The van der Waals surface area contributed by atoms with Gasteiger partial charge in [0.1, 0.15) is 11.8 Å². The molecule has 0 bridgehead atoms. The number of benzene rings is 2. The third-order valence-electron chi connectivity index (χ3n) is 4.38. The Morgan fingerprint density at radius 2 is 1.82 bits per heavy atom. The van der Waals surface area contributed by atoms with Crippen molar-refractivity contribution in [3.05, 3.63) is 65.7 Å². The van der Waals surface area contributed by atoms with Gasteiger partial charge < -0.3 is 20.1 Å². The normalized spacial score (nSPS) is 16.1. The highest BCUT2D eigenvalue weighted by Gasteiger charge is 2.24. The van der Waals surface area contributed by atoms with Gasteiger partial charge in [0.25, 0.3) is 11.8 Å². The summed E-state index contributed by atoms with van der Waals surface area (Å²) >= 11 is 0. The first-order valence-corrected chi connectivity index (χ1v) is 9.08. The maximum atomic E-state index is 12.2. The Balaban J connectivity index is 1.47. The number of rotatable bonds is 6. The van der Waals surface area contributed by atoms with Crippen molar-refractivity contribution >= 4 is 17.8 Å². The second kappa shape index (κ2) is 9.03. The number of hydrogen-bond acceptors (Lipinski definition) is 5. The third kappa shape index (κ3) is 4.88. The number of carbonyl (C=O) groups excluding carboxylic acids is 3. The second-order valence-electron chi connectivity index (χ2n) is 6.46. The van der Waals surface area contributed by atoms with Crippen molar-refractivity contribution in [2.24, 2.45) is 0 Å². The highest BCUT2D eigenvalue weighted by Crippen LogP contribution is 2.31. The standard InChI is InChI=1S/C21H22N2O5/c1-14(22-20(25)15-7-3-2-4-8-15)21(26)28-13-19(24)23-17-11-12-27-18-10-6-5-9-16(17)18/h2-10,14,17H,11-13H2,1H3,(H,22,25)(H,23,24)/t14-,17?/m0/s1. The van der Waals surface area contributed by atoms with E-state index in [0.29, 0.717) is 18.6 Å². The van der Waals surface area contributed by atoms with Gasteiger partial charge in [-0.25, -0.2) is 4.79 Å². The topological polar surface area (TPSA) is 93.7 Å². The Kier molecular flexibility index (Phi) is 6.26. The lowest BCUT2D eigenvalue weighted by atomic mass is 10.0. The molecule has 2 N–H and O–H groups in total. The number of ether oxygens (including phenoxy) is 2. The van der Waals surface area contributed by atoms with E-state index in [1.807, 2.05) is 24.3 Å². The van der Waals surface area contributed by atoms with Crippen LogP contribution >= 0.6 is 0 Å². The maximum absolute atomic E-state index is 12.2. The Hall–Kier alpha value is -3.35. The van der Waals surface area contributed by atoms with Gasteiger partial charge in [-0.15, -0.1) is 0 Å². The number of para-hydroxylation sites is 1. The molecular formula is C21H22N2O5. The largest absolute Gasteiger partial charge is 0.493 e. The number of carbonyl (C=O) groups is 3.